The van der Waals surface area contributed by atoms with Gasteiger partial charge in [0.1, 0.15) is 11.3 Å². The molecule has 0 aliphatic carbocycles. The average Bonchev–Trinajstić information content (AvgIpc) is 3.09. The van der Waals surface area contributed by atoms with Crippen LogP contribution >= 0.6 is 0 Å². The number of nitrogens with one attached hydrogen (secondary N) is 1. The van der Waals surface area contributed by atoms with Crippen LogP contribution in [0.25, 0.3) is 11.0 Å². The molecule has 3 rings (SSSR count). The molecule has 0 spiro atoms. The van der Waals surface area contributed by atoms with Crippen molar-refractivity contribution in [1.29, 1.82) is 0 Å². The molecule has 0 saturated carbocycles. The lowest BCUT2D eigenvalue weighted by molar-refractivity contribution is 0.0718. The van der Waals surface area contributed by atoms with Gasteiger partial charge in [-0.15, -0.1) is 0 Å². The molecule has 0 radical (unpaired) electrons. The van der Waals surface area contributed by atoms with Gasteiger partial charge in [0, 0.05) is 12.0 Å². The van der Waals surface area contributed by atoms with E-state index in [-0.39, 0.29) is 12.1 Å². The molecule has 0 bridgehead atoms. The van der Waals surface area contributed by atoms with Crippen LogP contribution in [0.2, 0.25) is 0 Å². The number of ether oxygens (including phenoxy) is 1. The minimum atomic E-state index is 0.171. The van der Waals surface area contributed by atoms with Gasteiger partial charge in [0.05, 0.1) is 12.1 Å². The van der Waals surface area contributed by atoms with Crippen molar-refractivity contribution in [2.24, 2.45) is 0 Å². The highest BCUT2D eigenvalue weighted by molar-refractivity contribution is 5.81. The van der Waals surface area contributed by atoms with Gasteiger partial charge < -0.3 is 14.5 Å². The number of rotatable bonds is 5. The largest absolute Gasteiger partial charge is 0.459 e. The molecule has 1 aliphatic heterocycles. The standard InChI is InChI=1S/C17H23NO2/c1-3-9-18-16(14-8-5-10-19-14)15-11-13-7-4-6-12(2)17(13)20-15/h4,6-7,11,14,16,18H,3,5,8-10H2,1-2H3. The molecule has 1 aliphatic rings. The first-order valence-electron chi connectivity index (χ1n) is 7.63. The zero-order valence-electron chi connectivity index (χ0n) is 12.3. The molecular weight excluding hydrogens is 250 g/mol. The van der Waals surface area contributed by atoms with E-state index in [1.165, 1.54) is 10.9 Å². The Hall–Kier alpha value is -1.32. The van der Waals surface area contributed by atoms with E-state index < -0.39 is 0 Å². The smallest absolute Gasteiger partial charge is 0.137 e. The number of aryl methyl sites for hydroxylation is 1. The van der Waals surface area contributed by atoms with Gasteiger partial charge in [0.25, 0.3) is 0 Å². The Bertz CT molecular complexity index is 569. The summed E-state index contributed by atoms with van der Waals surface area (Å²) in [6.45, 7) is 6.13. The molecule has 1 N–H and O–H groups in total. The minimum Gasteiger partial charge on any atom is -0.459 e. The Morgan fingerprint density at radius 1 is 1.40 bits per heavy atom. The van der Waals surface area contributed by atoms with Gasteiger partial charge in [-0.3, -0.25) is 0 Å². The summed E-state index contributed by atoms with van der Waals surface area (Å²) in [6, 6.07) is 8.62. The van der Waals surface area contributed by atoms with E-state index in [2.05, 4.69) is 43.4 Å². The van der Waals surface area contributed by atoms with Crippen molar-refractivity contribution in [3.8, 4) is 0 Å². The van der Waals surface area contributed by atoms with Crippen LogP contribution in [-0.2, 0) is 4.74 Å². The quantitative estimate of drug-likeness (QED) is 0.895. The fourth-order valence-corrected chi connectivity index (χ4v) is 2.96. The molecule has 20 heavy (non-hydrogen) atoms. The summed E-state index contributed by atoms with van der Waals surface area (Å²) in [5.41, 5.74) is 2.19. The molecule has 2 atom stereocenters. The van der Waals surface area contributed by atoms with Gasteiger partial charge in [-0.2, -0.15) is 0 Å². The lowest BCUT2D eigenvalue weighted by Crippen LogP contribution is -2.31. The third-order valence-corrected chi connectivity index (χ3v) is 4.02. The van der Waals surface area contributed by atoms with Gasteiger partial charge in [0.15, 0.2) is 0 Å². The second-order valence-corrected chi connectivity index (χ2v) is 5.63. The predicted molar refractivity (Wildman–Crippen MR) is 81.0 cm³/mol. The molecule has 108 valence electrons. The van der Waals surface area contributed by atoms with Crippen molar-refractivity contribution in [3.63, 3.8) is 0 Å². The number of hydrogen-bond acceptors (Lipinski definition) is 3. The minimum absolute atomic E-state index is 0.171. The predicted octanol–water partition coefficient (Wildman–Crippen LogP) is 3.96. The summed E-state index contributed by atoms with van der Waals surface area (Å²) >= 11 is 0. The van der Waals surface area contributed by atoms with E-state index >= 15 is 0 Å². The topological polar surface area (TPSA) is 34.4 Å². The van der Waals surface area contributed by atoms with Crippen molar-refractivity contribution in [3.05, 3.63) is 35.6 Å². The van der Waals surface area contributed by atoms with Crippen molar-refractivity contribution in [2.75, 3.05) is 13.2 Å². The van der Waals surface area contributed by atoms with Gasteiger partial charge in [-0.05, 0) is 44.4 Å². The van der Waals surface area contributed by atoms with E-state index in [0.29, 0.717) is 0 Å². The van der Waals surface area contributed by atoms with Crippen LogP contribution in [0.1, 0.15) is 43.6 Å². The van der Waals surface area contributed by atoms with Crippen molar-refractivity contribution >= 4 is 11.0 Å². The van der Waals surface area contributed by atoms with Gasteiger partial charge >= 0.3 is 0 Å². The third kappa shape index (κ3) is 2.60. The van der Waals surface area contributed by atoms with Crippen LogP contribution in [0.3, 0.4) is 0 Å². The molecule has 1 aromatic carbocycles. The summed E-state index contributed by atoms with van der Waals surface area (Å²) in [7, 11) is 0. The first-order valence-corrected chi connectivity index (χ1v) is 7.63. The van der Waals surface area contributed by atoms with E-state index in [1.54, 1.807) is 0 Å². The Morgan fingerprint density at radius 2 is 2.30 bits per heavy atom. The fourth-order valence-electron chi connectivity index (χ4n) is 2.96. The SMILES string of the molecule is CCCNC(c1cc2cccc(C)c2o1)C1CCCO1. The molecule has 1 aromatic heterocycles. The van der Waals surface area contributed by atoms with Crippen LogP contribution in [0.5, 0.6) is 0 Å². The van der Waals surface area contributed by atoms with Crippen molar-refractivity contribution < 1.29 is 9.15 Å². The maximum absolute atomic E-state index is 6.13. The summed E-state index contributed by atoms with van der Waals surface area (Å²) in [6.07, 6.45) is 3.61. The Morgan fingerprint density at radius 3 is 3.00 bits per heavy atom. The van der Waals surface area contributed by atoms with Crippen LogP contribution in [0.4, 0.5) is 0 Å². The second kappa shape index (κ2) is 5.98. The molecule has 1 saturated heterocycles. The molecule has 0 amide bonds. The fraction of sp³-hybridized carbons (Fsp3) is 0.529. The van der Waals surface area contributed by atoms with Crippen molar-refractivity contribution in [2.45, 2.75) is 45.3 Å². The van der Waals surface area contributed by atoms with E-state index in [0.717, 1.165) is 43.8 Å². The normalized spacial score (nSPS) is 20.6. The van der Waals surface area contributed by atoms with Crippen LogP contribution in [0, 0.1) is 6.92 Å². The Labute approximate surface area is 120 Å². The molecule has 2 unspecified atom stereocenters. The highest BCUT2D eigenvalue weighted by Crippen LogP contribution is 2.32. The highest BCUT2D eigenvalue weighted by atomic mass is 16.5. The first kappa shape index (κ1) is 13.7. The number of hydrogen-bond donors (Lipinski definition) is 1. The van der Waals surface area contributed by atoms with E-state index in [4.69, 9.17) is 9.15 Å². The first-order chi connectivity index (χ1) is 9.79. The highest BCUT2D eigenvalue weighted by Gasteiger charge is 2.29. The average molecular weight is 273 g/mol. The molecule has 1 fully saturated rings. The number of furan rings is 1. The van der Waals surface area contributed by atoms with Gasteiger partial charge in [-0.25, -0.2) is 0 Å². The summed E-state index contributed by atoms with van der Waals surface area (Å²) < 4.78 is 12.0. The van der Waals surface area contributed by atoms with Crippen molar-refractivity contribution in [1.82, 2.24) is 5.32 Å². The second-order valence-electron chi connectivity index (χ2n) is 5.63. The third-order valence-electron chi connectivity index (χ3n) is 4.02. The zero-order chi connectivity index (χ0) is 13.9. The zero-order valence-corrected chi connectivity index (χ0v) is 12.3. The van der Waals surface area contributed by atoms with Crippen LogP contribution in [-0.4, -0.2) is 19.3 Å². The lowest BCUT2D eigenvalue weighted by atomic mass is 10.0. The molecular formula is C17H23NO2. The van der Waals surface area contributed by atoms with Crippen LogP contribution < -0.4 is 5.32 Å². The Balaban J connectivity index is 1.93. The monoisotopic (exact) mass is 273 g/mol. The number of benzene rings is 1. The summed E-state index contributed by atoms with van der Waals surface area (Å²) in [4.78, 5) is 0. The molecule has 3 nitrogen and oxygen atoms in total. The molecule has 2 heterocycles. The summed E-state index contributed by atoms with van der Waals surface area (Å²) in [5.74, 6) is 1.01. The maximum Gasteiger partial charge on any atom is 0.137 e. The molecule has 3 heteroatoms. The van der Waals surface area contributed by atoms with E-state index in [1.807, 2.05) is 0 Å². The maximum atomic E-state index is 6.13. The lowest BCUT2D eigenvalue weighted by Gasteiger charge is -2.22. The number of para-hydroxylation sites is 1. The summed E-state index contributed by atoms with van der Waals surface area (Å²) in [5, 5.41) is 4.77. The van der Waals surface area contributed by atoms with Crippen LogP contribution in [0.15, 0.2) is 28.7 Å². The van der Waals surface area contributed by atoms with Gasteiger partial charge in [0.2, 0.25) is 0 Å². The van der Waals surface area contributed by atoms with Gasteiger partial charge in [-0.1, -0.05) is 25.1 Å². The number of fused-ring (bicyclic) bond motifs is 1. The van der Waals surface area contributed by atoms with E-state index in [9.17, 15) is 0 Å². The molecule has 2 aromatic rings. The Kier molecular flexibility index (Phi) is 4.08.